The fraction of sp³-hybridized carbons (Fsp3) is 0.636. The van der Waals surface area contributed by atoms with Crippen LogP contribution in [0, 0.1) is 0 Å². The molecule has 5 nitrogen and oxygen atoms in total. The van der Waals surface area contributed by atoms with Crippen LogP contribution in [0.1, 0.15) is 19.3 Å². The molecule has 0 spiro atoms. The molecule has 1 aromatic heterocycles. The van der Waals surface area contributed by atoms with Crippen molar-refractivity contribution in [1.29, 1.82) is 0 Å². The van der Waals surface area contributed by atoms with E-state index >= 15 is 0 Å². The topological polar surface area (TPSA) is 59.1 Å². The summed E-state index contributed by atoms with van der Waals surface area (Å²) in [4.78, 5) is 8.08. The van der Waals surface area contributed by atoms with E-state index in [0.29, 0.717) is 22.9 Å². The highest BCUT2D eigenvalue weighted by Gasteiger charge is 2.13. The van der Waals surface area contributed by atoms with Crippen molar-refractivity contribution in [2.45, 2.75) is 25.3 Å². The predicted molar refractivity (Wildman–Crippen MR) is 67.7 cm³/mol. The number of halogens is 1. The van der Waals surface area contributed by atoms with Gasteiger partial charge in [-0.3, -0.25) is 0 Å². The van der Waals surface area contributed by atoms with Crippen molar-refractivity contribution in [3.8, 4) is 6.01 Å². The van der Waals surface area contributed by atoms with E-state index < -0.39 is 0 Å². The zero-order valence-corrected chi connectivity index (χ0v) is 10.6. The fourth-order valence-electron chi connectivity index (χ4n) is 1.94. The molecule has 1 aromatic rings. The van der Waals surface area contributed by atoms with E-state index in [2.05, 4.69) is 20.6 Å². The summed E-state index contributed by atoms with van der Waals surface area (Å²) in [6, 6.07) is 0.945. The molecule has 2 rings (SSSR count). The van der Waals surface area contributed by atoms with Gasteiger partial charge in [-0.15, -0.1) is 0 Å². The highest BCUT2D eigenvalue weighted by atomic mass is 35.5. The summed E-state index contributed by atoms with van der Waals surface area (Å²) in [6.07, 6.45) is 5.14. The van der Waals surface area contributed by atoms with Crippen LogP contribution >= 0.6 is 11.6 Å². The molecule has 17 heavy (non-hydrogen) atoms. The molecule has 94 valence electrons. The van der Waals surface area contributed by atoms with Gasteiger partial charge in [0, 0.05) is 12.6 Å². The van der Waals surface area contributed by atoms with Crippen LogP contribution < -0.4 is 15.4 Å². The molecule has 0 aliphatic carbocycles. The molecular formula is C11H17ClN4O. The number of aromatic nitrogens is 2. The second kappa shape index (κ2) is 6.02. The molecule has 6 heteroatoms. The van der Waals surface area contributed by atoms with Gasteiger partial charge in [-0.1, -0.05) is 11.6 Å². The Morgan fingerprint density at radius 3 is 3.24 bits per heavy atom. The summed E-state index contributed by atoms with van der Waals surface area (Å²) < 4.78 is 4.96. The number of rotatable bonds is 5. The van der Waals surface area contributed by atoms with Crippen molar-refractivity contribution < 1.29 is 4.74 Å². The Labute approximate surface area is 106 Å². The monoisotopic (exact) mass is 256 g/mol. The molecule has 0 bridgehead atoms. The Balaban J connectivity index is 1.84. The number of ether oxygens (including phenoxy) is 1. The number of methoxy groups -OCH3 is 1. The zero-order valence-electron chi connectivity index (χ0n) is 9.87. The minimum atomic E-state index is 0.330. The van der Waals surface area contributed by atoms with Crippen LogP contribution in [0.15, 0.2) is 6.20 Å². The van der Waals surface area contributed by atoms with Crippen molar-refractivity contribution in [2.24, 2.45) is 0 Å². The Hall–Kier alpha value is -1.07. The molecule has 1 unspecified atom stereocenters. The van der Waals surface area contributed by atoms with E-state index in [1.165, 1.54) is 20.0 Å². The van der Waals surface area contributed by atoms with E-state index in [-0.39, 0.29) is 0 Å². The van der Waals surface area contributed by atoms with Gasteiger partial charge in [0.2, 0.25) is 0 Å². The van der Waals surface area contributed by atoms with Crippen LogP contribution in [0.25, 0.3) is 0 Å². The average molecular weight is 257 g/mol. The quantitative estimate of drug-likeness (QED) is 0.840. The molecule has 2 heterocycles. The molecule has 0 radical (unpaired) electrons. The van der Waals surface area contributed by atoms with Crippen LogP contribution in [0.4, 0.5) is 5.82 Å². The first-order chi connectivity index (χ1) is 8.29. The van der Waals surface area contributed by atoms with Crippen molar-refractivity contribution in [3.63, 3.8) is 0 Å². The molecule has 1 aliphatic rings. The lowest BCUT2D eigenvalue weighted by Gasteiger charge is -2.12. The Bertz CT molecular complexity index is 368. The Morgan fingerprint density at radius 1 is 1.65 bits per heavy atom. The van der Waals surface area contributed by atoms with E-state index in [9.17, 15) is 0 Å². The second-order valence-corrected chi connectivity index (χ2v) is 4.47. The molecule has 0 saturated carbocycles. The van der Waals surface area contributed by atoms with Crippen LogP contribution in [0.2, 0.25) is 5.02 Å². The maximum absolute atomic E-state index is 5.99. The lowest BCUT2D eigenvalue weighted by Crippen LogP contribution is -2.24. The van der Waals surface area contributed by atoms with Gasteiger partial charge in [-0.05, 0) is 25.8 Å². The van der Waals surface area contributed by atoms with Gasteiger partial charge < -0.3 is 15.4 Å². The third-order valence-corrected chi connectivity index (χ3v) is 3.13. The normalized spacial score (nSPS) is 19.3. The lowest BCUT2D eigenvalue weighted by molar-refractivity contribution is 0.380. The fourth-order valence-corrected chi connectivity index (χ4v) is 2.10. The third-order valence-electron chi connectivity index (χ3n) is 2.85. The predicted octanol–water partition coefficient (Wildman–Crippen LogP) is 1.69. The smallest absolute Gasteiger partial charge is 0.318 e. The van der Waals surface area contributed by atoms with Gasteiger partial charge in [0.25, 0.3) is 0 Å². The summed E-state index contributed by atoms with van der Waals surface area (Å²) in [5, 5.41) is 7.18. The van der Waals surface area contributed by atoms with Crippen molar-refractivity contribution in [2.75, 3.05) is 25.5 Å². The van der Waals surface area contributed by atoms with Crippen LogP contribution in [0.3, 0.4) is 0 Å². The number of anilines is 1. The molecule has 1 atom stereocenters. The van der Waals surface area contributed by atoms with E-state index in [4.69, 9.17) is 16.3 Å². The number of nitrogens with one attached hydrogen (secondary N) is 2. The summed E-state index contributed by atoms with van der Waals surface area (Å²) >= 11 is 5.99. The highest BCUT2D eigenvalue weighted by molar-refractivity contribution is 6.32. The van der Waals surface area contributed by atoms with Gasteiger partial charge in [0.05, 0.1) is 13.3 Å². The summed E-state index contributed by atoms with van der Waals surface area (Å²) in [6.45, 7) is 1.98. The van der Waals surface area contributed by atoms with Gasteiger partial charge in [0.1, 0.15) is 5.02 Å². The minimum absolute atomic E-state index is 0.330. The number of hydrogen-bond acceptors (Lipinski definition) is 5. The molecular weight excluding hydrogens is 240 g/mol. The second-order valence-electron chi connectivity index (χ2n) is 4.06. The third kappa shape index (κ3) is 3.44. The minimum Gasteiger partial charge on any atom is -0.467 e. The molecule has 1 saturated heterocycles. The standard InChI is InChI=1S/C11H17ClN4O/c1-17-11-15-7-9(12)10(16-11)14-6-4-8-3-2-5-13-8/h7-8,13H,2-6H2,1H3,(H,14,15,16). The summed E-state index contributed by atoms with van der Waals surface area (Å²) in [7, 11) is 1.54. The highest BCUT2D eigenvalue weighted by Crippen LogP contribution is 2.20. The van der Waals surface area contributed by atoms with E-state index in [1.807, 2.05) is 0 Å². The lowest BCUT2D eigenvalue weighted by atomic mass is 10.1. The first-order valence-electron chi connectivity index (χ1n) is 5.83. The van der Waals surface area contributed by atoms with Crippen LogP contribution in [0.5, 0.6) is 6.01 Å². The number of nitrogens with zero attached hydrogens (tertiary/aromatic N) is 2. The average Bonchev–Trinajstić information content (AvgIpc) is 2.84. The zero-order chi connectivity index (χ0) is 12.1. The first-order valence-corrected chi connectivity index (χ1v) is 6.21. The van der Waals surface area contributed by atoms with Gasteiger partial charge in [-0.2, -0.15) is 4.98 Å². The number of hydrogen-bond donors (Lipinski definition) is 2. The molecule has 1 aliphatic heterocycles. The largest absolute Gasteiger partial charge is 0.467 e. The van der Waals surface area contributed by atoms with E-state index in [0.717, 1.165) is 19.5 Å². The molecule has 0 amide bonds. The maximum Gasteiger partial charge on any atom is 0.318 e. The van der Waals surface area contributed by atoms with Gasteiger partial charge in [-0.25, -0.2) is 4.98 Å². The van der Waals surface area contributed by atoms with Crippen LogP contribution in [-0.2, 0) is 0 Å². The van der Waals surface area contributed by atoms with Crippen LogP contribution in [-0.4, -0.2) is 36.2 Å². The Kier molecular flexibility index (Phi) is 4.39. The van der Waals surface area contributed by atoms with Crippen molar-refractivity contribution in [1.82, 2.24) is 15.3 Å². The molecule has 2 N–H and O–H groups in total. The SMILES string of the molecule is COc1ncc(Cl)c(NCCC2CCCN2)n1. The summed E-state index contributed by atoms with van der Waals surface area (Å²) in [5.74, 6) is 0.636. The first kappa shape index (κ1) is 12.4. The van der Waals surface area contributed by atoms with Gasteiger partial charge >= 0.3 is 6.01 Å². The Morgan fingerprint density at radius 2 is 2.53 bits per heavy atom. The molecule has 0 aromatic carbocycles. The van der Waals surface area contributed by atoms with E-state index in [1.54, 1.807) is 6.20 Å². The summed E-state index contributed by atoms with van der Waals surface area (Å²) in [5.41, 5.74) is 0. The van der Waals surface area contributed by atoms with Crippen molar-refractivity contribution >= 4 is 17.4 Å². The maximum atomic E-state index is 5.99. The van der Waals surface area contributed by atoms with Gasteiger partial charge in [0.15, 0.2) is 5.82 Å². The molecule has 1 fully saturated rings. The van der Waals surface area contributed by atoms with Crippen molar-refractivity contribution in [3.05, 3.63) is 11.2 Å².